The van der Waals surface area contributed by atoms with Gasteiger partial charge in [0.15, 0.2) is 5.78 Å². The molecule has 33 heavy (non-hydrogen) atoms. The molecule has 1 amide bonds. The quantitative estimate of drug-likeness (QED) is 0.505. The van der Waals surface area contributed by atoms with Gasteiger partial charge in [0, 0.05) is 35.1 Å². The molecule has 1 aliphatic rings. The van der Waals surface area contributed by atoms with Gasteiger partial charge in [0.2, 0.25) is 5.91 Å². The zero-order valence-electron chi connectivity index (χ0n) is 19.6. The topological polar surface area (TPSA) is 54.3 Å². The van der Waals surface area contributed by atoms with E-state index < -0.39 is 0 Å². The molecule has 5 nitrogen and oxygen atoms in total. The number of hydrogen-bond donors (Lipinski definition) is 1. The fourth-order valence-corrected chi connectivity index (χ4v) is 4.72. The first-order valence-corrected chi connectivity index (χ1v) is 11.8. The molecule has 0 saturated carbocycles. The van der Waals surface area contributed by atoms with Gasteiger partial charge in [-0.2, -0.15) is 0 Å². The summed E-state index contributed by atoms with van der Waals surface area (Å²) in [5, 5.41) is 3.01. The number of amides is 1. The standard InChI is InChI=1S/C28H33N3O2/c1-21-19-26(22(2)31(21)18-13-23-9-5-3-6-10-23)27(32)20-30-16-14-24(15-17-30)28(33)29-25-11-7-4-8-12-25/h3-12,19,24H,13-18,20H2,1-2H3,(H,29,33). The number of Topliss-reactive ketones (excluding diaryl/α,β-unsaturated/α-hetero) is 1. The van der Waals surface area contributed by atoms with Gasteiger partial charge in [-0.25, -0.2) is 0 Å². The normalized spacial score (nSPS) is 14.8. The van der Waals surface area contributed by atoms with E-state index in [1.54, 1.807) is 0 Å². The predicted octanol–water partition coefficient (Wildman–Crippen LogP) is 4.88. The van der Waals surface area contributed by atoms with Crippen LogP contribution in [0, 0.1) is 19.8 Å². The lowest BCUT2D eigenvalue weighted by molar-refractivity contribution is -0.121. The number of benzene rings is 2. The molecule has 1 fully saturated rings. The Morgan fingerprint density at radius 2 is 1.58 bits per heavy atom. The summed E-state index contributed by atoms with van der Waals surface area (Å²) in [5.74, 6) is 0.245. The summed E-state index contributed by atoms with van der Waals surface area (Å²) in [7, 11) is 0. The Labute approximate surface area is 196 Å². The highest BCUT2D eigenvalue weighted by molar-refractivity contribution is 5.99. The highest BCUT2D eigenvalue weighted by Gasteiger charge is 2.27. The van der Waals surface area contributed by atoms with Gasteiger partial charge in [-0.05, 0) is 70.0 Å². The predicted molar refractivity (Wildman–Crippen MR) is 133 cm³/mol. The number of ketones is 1. The van der Waals surface area contributed by atoms with Gasteiger partial charge in [0.05, 0.1) is 6.54 Å². The smallest absolute Gasteiger partial charge is 0.227 e. The van der Waals surface area contributed by atoms with Crippen molar-refractivity contribution in [3.05, 3.63) is 89.2 Å². The zero-order chi connectivity index (χ0) is 23.2. The van der Waals surface area contributed by atoms with Crippen molar-refractivity contribution in [2.45, 2.75) is 39.7 Å². The van der Waals surface area contributed by atoms with Crippen LogP contribution < -0.4 is 5.32 Å². The SMILES string of the molecule is Cc1cc(C(=O)CN2CCC(C(=O)Nc3ccccc3)CC2)c(C)n1CCc1ccccc1. The second-order valence-corrected chi connectivity index (χ2v) is 9.00. The summed E-state index contributed by atoms with van der Waals surface area (Å²) in [6.45, 7) is 6.95. The van der Waals surface area contributed by atoms with Gasteiger partial charge < -0.3 is 9.88 Å². The first kappa shape index (κ1) is 23.0. The van der Waals surface area contributed by atoms with Crippen LogP contribution in [0.5, 0.6) is 0 Å². The minimum absolute atomic E-state index is 0.000362. The third-order valence-electron chi connectivity index (χ3n) is 6.71. The fraction of sp³-hybridized carbons (Fsp3) is 0.357. The fourth-order valence-electron chi connectivity index (χ4n) is 4.72. The third kappa shape index (κ3) is 5.79. The van der Waals surface area contributed by atoms with Crippen LogP contribution in [0.2, 0.25) is 0 Å². The molecular formula is C28H33N3O2. The van der Waals surface area contributed by atoms with Crippen molar-refractivity contribution in [1.29, 1.82) is 0 Å². The van der Waals surface area contributed by atoms with Gasteiger partial charge in [-0.1, -0.05) is 48.5 Å². The molecule has 4 rings (SSSR count). The number of para-hydroxylation sites is 1. The largest absolute Gasteiger partial charge is 0.348 e. The maximum Gasteiger partial charge on any atom is 0.227 e. The van der Waals surface area contributed by atoms with Crippen molar-refractivity contribution in [3.8, 4) is 0 Å². The van der Waals surface area contributed by atoms with Gasteiger partial charge in [0.25, 0.3) is 0 Å². The van der Waals surface area contributed by atoms with Crippen molar-refractivity contribution in [3.63, 3.8) is 0 Å². The molecule has 3 aromatic rings. The summed E-state index contributed by atoms with van der Waals surface area (Å²) >= 11 is 0. The Balaban J connectivity index is 1.29. The number of nitrogens with one attached hydrogen (secondary N) is 1. The molecule has 0 radical (unpaired) electrons. The Morgan fingerprint density at radius 1 is 0.939 bits per heavy atom. The van der Waals surface area contributed by atoms with Gasteiger partial charge >= 0.3 is 0 Å². The molecule has 5 heteroatoms. The maximum atomic E-state index is 13.1. The lowest BCUT2D eigenvalue weighted by Gasteiger charge is -2.30. The summed E-state index contributed by atoms with van der Waals surface area (Å²) in [5.41, 5.74) is 5.14. The molecule has 0 aliphatic carbocycles. The molecule has 0 unspecified atom stereocenters. The molecule has 0 spiro atoms. The number of aryl methyl sites for hydroxylation is 2. The highest BCUT2D eigenvalue weighted by atomic mass is 16.2. The lowest BCUT2D eigenvalue weighted by Crippen LogP contribution is -2.40. The first-order chi connectivity index (χ1) is 16.0. The van der Waals surface area contributed by atoms with Crippen LogP contribution in [0.15, 0.2) is 66.7 Å². The number of rotatable bonds is 8. The van der Waals surface area contributed by atoms with Gasteiger partial charge in [0.1, 0.15) is 0 Å². The number of carbonyl (C=O) groups excluding carboxylic acids is 2. The monoisotopic (exact) mass is 443 g/mol. The second-order valence-electron chi connectivity index (χ2n) is 9.00. The molecule has 2 heterocycles. The van der Waals surface area contributed by atoms with E-state index in [0.29, 0.717) is 6.54 Å². The number of anilines is 1. The summed E-state index contributed by atoms with van der Waals surface area (Å²) in [6.07, 6.45) is 2.51. The third-order valence-corrected chi connectivity index (χ3v) is 6.71. The van der Waals surface area contributed by atoms with Crippen LogP contribution in [0.4, 0.5) is 5.69 Å². The van der Waals surface area contributed by atoms with Crippen LogP contribution in [-0.2, 0) is 17.8 Å². The van der Waals surface area contributed by atoms with Crippen molar-refractivity contribution < 1.29 is 9.59 Å². The van der Waals surface area contributed by atoms with E-state index in [1.807, 2.05) is 49.4 Å². The van der Waals surface area contributed by atoms with E-state index in [9.17, 15) is 9.59 Å². The molecule has 0 bridgehead atoms. The van der Waals surface area contributed by atoms with E-state index in [0.717, 1.165) is 61.5 Å². The Bertz CT molecular complexity index is 1080. The number of carbonyl (C=O) groups is 2. The minimum atomic E-state index is -0.000362. The van der Waals surface area contributed by atoms with Crippen molar-refractivity contribution in [2.75, 3.05) is 25.0 Å². The Hall–Kier alpha value is -3.18. The van der Waals surface area contributed by atoms with Crippen molar-refractivity contribution in [1.82, 2.24) is 9.47 Å². The molecule has 0 atom stereocenters. The van der Waals surface area contributed by atoms with E-state index in [-0.39, 0.29) is 17.6 Å². The number of likely N-dealkylation sites (tertiary alicyclic amines) is 1. The number of nitrogens with zero attached hydrogens (tertiary/aromatic N) is 2. The molecular weight excluding hydrogens is 410 g/mol. The number of aromatic nitrogens is 1. The molecule has 172 valence electrons. The lowest BCUT2D eigenvalue weighted by atomic mass is 9.95. The maximum absolute atomic E-state index is 13.1. The molecule has 2 aromatic carbocycles. The average Bonchev–Trinajstić information content (AvgIpc) is 3.12. The van der Waals surface area contributed by atoms with Crippen molar-refractivity contribution in [2.24, 2.45) is 5.92 Å². The molecule has 1 aromatic heterocycles. The van der Waals surface area contributed by atoms with E-state index >= 15 is 0 Å². The molecule has 1 N–H and O–H groups in total. The summed E-state index contributed by atoms with van der Waals surface area (Å²) < 4.78 is 2.25. The van der Waals surface area contributed by atoms with Crippen LogP contribution >= 0.6 is 0 Å². The van der Waals surface area contributed by atoms with Gasteiger partial charge in [-0.15, -0.1) is 0 Å². The van der Waals surface area contributed by atoms with Crippen LogP contribution in [0.1, 0.15) is 40.2 Å². The first-order valence-electron chi connectivity index (χ1n) is 11.8. The molecule has 1 saturated heterocycles. The average molecular weight is 444 g/mol. The highest BCUT2D eigenvalue weighted by Crippen LogP contribution is 2.22. The van der Waals surface area contributed by atoms with Gasteiger partial charge in [-0.3, -0.25) is 14.5 Å². The van der Waals surface area contributed by atoms with Crippen molar-refractivity contribution >= 4 is 17.4 Å². The zero-order valence-corrected chi connectivity index (χ0v) is 19.6. The van der Waals surface area contributed by atoms with Crippen LogP contribution in [0.3, 0.4) is 0 Å². The minimum Gasteiger partial charge on any atom is -0.348 e. The molecule has 1 aliphatic heterocycles. The number of piperidine rings is 1. The van der Waals surface area contributed by atoms with E-state index in [1.165, 1.54) is 5.56 Å². The Morgan fingerprint density at radius 3 is 2.24 bits per heavy atom. The Kier molecular flexibility index (Phi) is 7.40. The summed E-state index contributed by atoms with van der Waals surface area (Å²) in [4.78, 5) is 27.8. The van der Waals surface area contributed by atoms with Crippen LogP contribution in [-0.4, -0.2) is 40.8 Å². The van der Waals surface area contributed by atoms with E-state index in [2.05, 4.69) is 46.0 Å². The van der Waals surface area contributed by atoms with Crippen LogP contribution in [0.25, 0.3) is 0 Å². The van der Waals surface area contributed by atoms with E-state index in [4.69, 9.17) is 0 Å². The number of hydrogen-bond acceptors (Lipinski definition) is 3. The second kappa shape index (κ2) is 10.6. The summed E-state index contributed by atoms with van der Waals surface area (Å²) in [6, 6.07) is 22.1.